The Morgan fingerprint density at radius 2 is 2.43 bits per heavy atom. The lowest BCUT2D eigenvalue weighted by molar-refractivity contribution is 0.0390. The molecular formula is C9H9BN2O2. The zero-order chi connectivity index (χ0) is 9.97. The summed E-state index contributed by atoms with van der Waals surface area (Å²) in [5, 5.41) is 12.7. The number of pyridine rings is 1. The van der Waals surface area contributed by atoms with E-state index in [0.29, 0.717) is 11.9 Å². The number of hydrogen-bond acceptors (Lipinski definition) is 4. The minimum atomic E-state index is -0.232. The molecule has 1 aromatic heterocycles. The van der Waals surface area contributed by atoms with E-state index >= 15 is 0 Å². The maximum absolute atomic E-state index is 8.84. The lowest BCUT2D eigenvalue weighted by Crippen LogP contribution is -2.14. The molecule has 14 heavy (non-hydrogen) atoms. The summed E-state index contributed by atoms with van der Waals surface area (Å²) in [7, 11) is 5.51. The van der Waals surface area contributed by atoms with Crippen LogP contribution in [0.4, 0.5) is 0 Å². The fraction of sp³-hybridized carbons (Fsp3) is 0.333. The molecule has 0 saturated heterocycles. The highest BCUT2D eigenvalue weighted by molar-refractivity contribution is 6.32. The van der Waals surface area contributed by atoms with Gasteiger partial charge in [0.05, 0.1) is 12.3 Å². The van der Waals surface area contributed by atoms with Gasteiger partial charge >= 0.3 is 0 Å². The van der Waals surface area contributed by atoms with E-state index in [9.17, 15) is 0 Å². The van der Waals surface area contributed by atoms with E-state index in [0.717, 1.165) is 11.4 Å². The molecule has 1 N–H and O–H groups in total. The van der Waals surface area contributed by atoms with Crippen molar-refractivity contribution < 1.29 is 9.94 Å². The summed E-state index contributed by atoms with van der Waals surface area (Å²) in [6.45, 7) is -0.0258. The second-order valence-corrected chi connectivity index (χ2v) is 3.13. The SMILES string of the molecule is [B]c1ccc(C2=NOC(CO)C2)nc1. The van der Waals surface area contributed by atoms with Gasteiger partial charge in [0.2, 0.25) is 0 Å². The third-order valence-corrected chi connectivity index (χ3v) is 2.02. The maximum Gasteiger partial charge on any atom is 0.156 e. The zero-order valence-corrected chi connectivity index (χ0v) is 7.55. The molecule has 4 nitrogen and oxygen atoms in total. The summed E-state index contributed by atoms with van der Waals surface area (Å²) < 4.78 is 0. The number of hydrogen-bond donors (Lipinski definition) is 1. The number of aliphatic hydroxyl groups is 1. The number of oxime groups is 1. The summed E-state index contributed by atoms with van der Waals surface area (Å²) in [4.78, 5) is 9.08. The van der Waals surface area contributed by atoms with E-state index < -0.39 is 0 Å². The Hall–Kier alpha value is -1.36. The van der Waals surface area contributed by atoms with Gasteiger partial charge in [-0.15, -0.1) is 0 Å². The van der Waals surface area contributed by atoms with Crippen molar-refractivity contribution >= 4 is 19.0 Å². The number of nitrogens with zero attached hydrogens (tertiary/aromatic N) is 2. The molecule has 0 aliphatic carbocycles. The molecule has 2 rings (SSSR count). The van der Waals surface area contributed by atoms with Gasteiger partial charge in [-0.05, 0) is 6.07 Å². The minimum Gasteiger partial charge on any atom is -0.392 e. The molecule has 2 radical (unpaired) electrons. The van der Waals surface area contributed by atoms with Crippen molar-refractivity contribution in [2.75, 3.05) is 6.61 Å². The summed E-state index contributed by atoms with van der Waals surface area (Å²) in [6, 6.07) is 3.55. The van der Waals surface area contributed by atoms with Crippen LogP contribution in [0, 0.1) is 0 Å². The summed E-state index contributed by atoms with van der Waals surface area (Å²) in [5.41, 5.74) is 2.12. The highest BCUT2D eigenvalue weighted by atomic mass is 16.6. The number of rotatable bonds is 2. The standard InChI is InChI=1S/C9H9BN2O2/c10-6-1-2-8(11-4-6)9-3-7(5-13)14-12-9/h1-2,4,7,13H,3,5H2. The van der Waals surface area contributed by atoms with Crippen LogP contribution in [-0.4, -0.2) is 36.4 Å². The van der Waals surface area contributed by atoms with Gasteiger partial charge in [-0.1, -0.05) is 16.7 Å². The van der Waals surface area contributed by atoms with Crippen LogP contribution in [0.5, 0.6) is 0 Å². The van der Waals surface area contributed by atoms with Gasteiger partial charge in [0.15, 0.2) is 6.10 Å². The van der Waals surface area contributed by atoms with Crippen LogP contribution in [0.25, 0.3) is 0 Å². The Morgan fingerprint density at radius 3 is 3.00 bits per heavy atom. The van der Waals surface area contributed by atoms with E-state index in [1.807, 2.05) is 0 Å². The lowest BCUT2D eigenvalue weighted by Gasteiger charge is -2.01. The van der Waals surface area contributed by atoms with Gasteiger partial charge in [0, 0.05) is 12.6 Å². The molecule has 2 heterocycles. The van der Waals surface area contributed by atoms with Crippen molar-refractivity contribution in [1.29, 1.82) is 0 Å². The van der Waals surface area contributed by atoms with Crippen LogP contribution in [0.1, 0.15) is 12.1 Å². The van der Waals surface area contributed by atoms with Crippen molar-refractivity contribution in [1.82, 2.24) is 4.98 Å². The largest absolute Gasteiger partial charge is 0.392 e. The minimum absolute atomic E-state index is 0.0258. The molecule has 0 fully saturated rings. The average Bonchev–Trinajstić information content (AvgIpc) is 2.67. The highest BCUT2D eigenvalue weighted by Crippen LogP contribution is 2.13. The Bertz CT molecular complexity index is 350. The van der Waals surface area contributed by atoms with Crippen LogP contribution in [-0.2, 0) is 4.84 Å². The first-order valence-corrected chi connectivity index (χ1v) is 4.35. The van der Waals surface area contributed by atoms with Crippen LogP contribution in [0.2, 0.25) is 0 Å². The monoisotopic (exact) mass is 188 g/mol. The van der Waals surface area contributed by atoms with Crippen molar-refractivity contribution in [3.63, 3.8) is 0 Å². The zero-order valence-electron chi connectivity index (χ0n) is 7.55. The van der Waals surface area contributed by atoms with E-state index in [-0.39, 0.29) is 12.7 Å². The molecule has 1 unspecified atom stereocenters. The average molecular weight is 188 g/mol. The Kier molecular flexibility index (Phi) is 2.50. The van der Waals surface area contributed by atoms with E-state index in [1.165, 1.54) is 0 Å². The molecular weight excluding hydrogens is 179 g/mol. The van der Waals surface area contributed by atoms with Crippen LogP contribution in [0.15, 0.2) is 23.5 Å². The van der Waals surface area contributed by atoms with E-state index in [1.54, 1.807) is 18.3 Å². The molecule has 1 aliphatic heterocycles. The number of aromatic nitrogens is 1. The lowest BCUT2D eigenvalue weighted by atomic mass is 9.98. The highest BCUT2D eigenvalue weighted by Gasteiger charge is 2.21. The molecule has 1 aromatic rings. The second kappa shape index (κ2) is 3.80. The fourth-order valence-corrected chi connectivity index (χ4v) is 1.25. The van der Waals surface area contributed by atoms with Crippen molar-refractivity contribution in [2.24, 2.45) is 5.16 Å². The third kappa shape index (κ3) is 1.77. The predicted octanol–water partition coefficient (Wildman–Crippen LogP) is -0.639. The van der Waals surface area contributed by atoms with Crippen molar-refractivity contribution in [3.05, 3.63) is 24.0 Å². The Balaban J connectivity index is 2.13. The first kappa shape index (κ1) is 9.21. The fourth-order valence-electron chi connectivity index (χ4n) is 1.25. The van der Waals surface area contributed by atoms with E-state index in [2.05, 4.69) is 10.1 Å². The van der Waals surface area contributed by atoms with Crippen molar-refractivity contribution in [2.45, 2.75) is 12.5 Å². The first-order chi connectivity index (χ1) is 6.79. The molecule has 0 aromatic carbocycles. The van der Waals surface area contributed by atoms with Gasteiger partial charge in [-0.3, -0.25) is 4.98 Å². The smallest absolute Gasteiger partial charge is 0.156 e. The van der Waals surface area contributed by atoms with Gasteiger partial charge < -0.3 is 9.94 Å². The first-order valence-electron chi connectivity index (χ1n) is 4.35. The molecule has 0 spiro atoms. The van der Waals surface area contributed by atoms with Crippen molar-refractivity contribution in [3.8, 4) is 0 Å². The maximum atomic E-state index is 8.84. The van der Waals surface area contributed by atoms with Gasteiger partial charge in [-0.2, -0.15) is 0 Å². The van der Waals surface area contributed by atoms with Crippen LogP contribution in [0.3, 0.4) is 0 Å². The second-order valence-electron chi connectivity index (χ2n) is 3.13. The van der Waals surface area contributed by atoms with E-state index in [4.69, 9.17) is 17.8 Å². The molecule has 70 valence electrons. The van der Waals surface area contributed by atoms with Crippen LogP contribution >= 0.6 is 0 Å². The number of aliphatic hydroxyl groups excluding tert-OH is 1. The molecule has 0 saturated carbocycles. The third-order valence-electron chi connectivity index (χ3n) is 2.02. The Labute approximate surface area is 83.0 Å². The summed E-state index contributed by atoms with van der Waals surface area (Å²) in [5.74, 6) is 0. The molecule has 1 aliphatic rings. The summed E-state index contributed by atoms with van der Waals surface area (Å²) in [6.07, 6.45) is 1.93. The topological polar surface area (TPSA) is 54.7 Å². The molecule has 0 bridgehead atoms. The molecule has 1 atom stereocenters. The normalized spacial score (nSPS) is 20.4. The molecule has 0 amide bonds. The predicted molar refractivity (Wildman–Crippen MR) is 52.7 cm³/mol. The van der Waals surface area contributed by atoms with Gasteiger partial charge in [0.25, 0.3) is 0 Å². The van der Waals surface area contributed by atoms with Gasteiger partial charge in [-0.25, -0.2) is 0 Å². The van der Waals surface area contributed by atoms with Gasteiger partial charge in [0.1, 0.15) is 13.6 Å². The summed E-state index contributed by atoms with van der Waals surface area (Å²) >= 11 is 0. The Morgan fingerprint density at radius 1 is 1.57 bits per heavy atom. The molecule has 5 heteroatoms. The quantitative estimate of drug-likeness (QED) is 0.628. The van der Waals surface area contributed by atoms with Crippen LogP contribution < -0.4 is 5.46 Å².